The Labute approximate surface area is 141 Å². The van der Waals surface area contributed by atoms with Gasteiger partial charge in [0.2, 0.25) is 10.0 Å². The highest BCUT2D eigenvalue weighted by Gasteiger charge is 2.32. The van der Waals surface area contributed by atoms with Crippen LogP contribution in [0, 0.1) is 12.8 Å². The van der Waals surface area contributed by atoms with Gasteiger partial charge in [-0.1, -0.05) is 12.1 Å². The normalized spacial score (nSPS) is 19.3. The molecule has 2 heterocycles. The molecule has 23 heavy (non-hydrogen) atoms. The molecule has 1 aromatic heterocycles. The molecule has 1 aromatic carbocycles. The largest absolute Gasteiger partial charge is 0.319 e. The maximum absolute atomic E-state index is 12.9. The predicted molar refractivity (Wildman–Crippen MR) is 93.1 cm³/mol. The standard InChI is InChI=1S/C16H21N3O2S2/c1-12-11-22-16(18-12)14-4-3-5-15(8-14)23(20,21)19-7-6-13(10-19)9-17-2/h3-5,8,11,13,17H,6-7,9-10H2,1-2H3. The Morgan fingerprint density at radius 1 is 1.43 bits per heavy atom. The van der Waals surface area contributed by atoms with Crippen LogP contribution in [-0.2, 0) is 10.0 Å². The van der Waals surface area contributed by atoms with Crippen LogP contribution >= 0.6 is 11.3 Å². The Morgan fingerprint density at radius 3 is 2.96 bits per heavy atom. The Hall–Kier alpha value is -1.28. The van der Waals surface area contributed by atoms with Gasteiger partial charge in [0.1, 0.15) is 5.01 Å². The zero-order chi connectivity index (χ0) is 16.4. The van der Waals surface area contributed by atoms with Crippen LogP contribution in [0.3, 0.4) is 0 Å². The highest BCUT2D eigenvalue weighted by atomic mass is 32.2. The highest BCUT2D eigenvalue weighted by molar-refractivity contribution is 7.89. The minimum absolute atomic E-state index is 0.355. The minimum atomic E-state index is -3.43. The van der Waals surface area contributed by atoms with E-state index in [1.807, 2.05) is 25.4 Å². The minimum Gasteiger partial charge on any atom is -0.319 e. The molecule has 1 saturated heterocycles. The van der Waals surface area contributed by atoms with Crippen LogP contribution < -0.4 is 5.32 Å². The van der Waals surface area contributed by atoms with Gasteiger partial charge in [0, 0.05) is 29.7 Å². The van der Waals surface area contributed by atoms with Gasteiger partial charge >= 0.3 is 0 Å². The Morgan fingerprint density at radius 2 is 2.26 bits per heavy atom. The second-order valence-electron chi connectivity index (χ2n) is 5.90. The second-order valence-corrected chi connectivity index (χ2v) is 8.69. The van der Waals surface area contributed by atoms with E-state index in [-0.39, 0.29) is 0 Å². The molecule has 0 bridgehead atoms. The second kappa shape index (κ2) is 6.68. The molecule has 124 valence electrons. The molecular weight excluding hydrogens is 330 g/mol. The summed E-state index contributed by atoms with van der Waals surface area (Å²) in [6.07, 6.45) is 0.908. The molecular formula is C16H21N3O2S2. The van der Waals surface area contributed by atoms with Crippen molar-refractivity contribution in [1.82, 2.24) is 14.6 Å². The average Bonchev–Trinajstić information content (AvgIpc) is 3.17. The molecule has 1 aliphatic heterocycles. The summed E-state index contributed by atoms with van der Waals surface area (Å²) in [5.41, 5.74) is 1.81. The summed E-state index contributed by atoms with van der Waals surface area (Å²) in [6, 6.07) is 7.11. The molecule has 1 aliphatic rings. The number of nitrogens with one attached hydrogen (secondary N) is 1. The Balaban J connectivity index is 1.86. The molecule has 0 radical (unpaired) electrons. The van der Waals surface area contributed by atoms with E-state index >= 15 is 0 Å². The van der Waals surface area contributed by atoms with E-state index < -0.39 is 10.0 Å². The van der Waals surface area contributed by atoms with Crippen molar-refractivity contribution in [2.24, 2.45) is 5.92 Å². The molecule has 1 fully saturated rings. The van der Waals surface area contributed by atoms with E-state index in [0.717, 1.165) is 29.2 Å². The lowest BCUT2D eigenvalue weighted by Gasteiger charge is -2.17. The Kier molecular flexibility index (Phi) is 4.82. The predicted octanol–water partition coefficient (Wildman–Crippen LogP) is 2.35. The molecule has 0 saturated carbocycles. The smallest absolute Gasteiger partial charge is 0.243 e. The van der Waals surface area contributed by atoms with Crippen molar-refractivity contribution in [2.75, 3.05) is 26.7 Å². The van der Waals surface area contributed by atoms with E-state index in [4.69, 9.17) is 0 Å². The summed E-state index contributed by atoms with van der Waals surface area (Å²) in [5.74, 6) is 0.388. The first-order valence-electron chi connectivity index (χ1n) is 7.68. The quantitative estimate of drug-likeness (QED) is 0.898. The number of hydrogen-bond donors (Lipinski definition) is 1. The van der Waals surface area contributed by atoms with Crippen LogP contribution in [0.15, 0.2) is 34.5 Å². The fourth-order valence-corrected chi connectivity index (χ4v) is 5.27. The van der Waals surface area contributed by atoms with Crippen LogP contribution in [0.4, 0.5) is 0 Å². The lowest BCUT2D eigenvalue weighted by molar-refractivity contribution is 0.451. The maximum Gasteiger partial charge on any atom is 0.243 e. The van der Waals surface area contributed by atoms with Crippen LogP contribution in [0.2, 0.25) is 0 Å². The van der Waals surface area contributed by atoms with Crippen LogP contribution in [0.25, 0.3) is 10.6 Å². The zero-order valence-electron chi connectivity index (χ0n) is 13.3. The van der Waals surface area contributed by atoms with Crippen molar-refractivity contribution in [1.29, 1.82) is 0 Å². The third-order valence-electron chi connectivity index (χ3n) is 4.08. The van der Waals surface area contributed by atoms with Gasteiger partial charge in [-0.2, -0.15) is 4.31 Å². The fourth-order valence-electron chi connectivity index (χ4n) is 2.90. The molecule has 0 amide bonds. The van der Waals surface area contributed by atoms with E-state index in [1.54, 1.807) is 22.5 Å². The van der Waals surface area contributed by atoms with Crippen molar-refractivity contribution in [3.8, 4) is 10.6 Å². The summed E-state index contributed by atoms with van der Waals surface area (Å²) in [7, 11) is -1.53. The van der Waals surface area contributed by atoms with E-state index in [0.29, 0.717) is 23.9 Å². The van der Waals surface area contributed by atoms with Gasteiger partial charge in [0.25, 0.3) is 0 Å². The van der Waals surface area contributed by atoms with Gasteiger partial charge in [-0.15, -0.1) is 11.3 Å². The van der Waals surface area contributed by atoms with E-state index in [9.17, 15) is 8.42 Å². The third-order valence-corrected chi connectivity index (χ3v) is 6.95. The van der Waals surface area contributed by atoms with Gasteiger partial charge in [0.15, 0.2) is 0 Å². The van der Waals surface area contributed by atoms with E-state index in [1.165, 1.54) is 11.3 Å². The summed E-state index contributed by atoms with van der Waals surface area (Å²) < 4.78 is 27.3. The van der Waals surface area contributed by atoms with Crippen LogP contribution in [0.1, 0.15) is 12.1 Å². The molecule has 5 nitrogen and oxygen atoms in total. The number of rotatable bonds is 5. The van der Waals surface area contributed by atoms with Gasteiger partial charge < -0.3 is 5.32 Å². The summed E-state index contributed by atoms with van der Waals surface area (Å²) in [4.78, 5) is 4.79. The molecule has 0 aliphatic carbocycles. The monoisotopic (exact) mass is 351 g/mol. The first kappa shape index (κ1) is 16.6. The average molecular weight is 351 g/mol. The number of nitrogens with zero attached hydrogens (tertiary/aromatic N) is 2. The van der Waals surface area contributed by atoms with E-state index in [2.05, 4.69) is 10.3 Å². The SMILES string of the molecule is CNCC1CCN(S(=O)(=O)c2cccc(-c3nc(C)cs3)c2)C1. The van der Waals surface area contributed by atoms with Crippen molar-refractivity contribution >= 4 is 21.4 Å². The molecule has 0 spiro atoms. The van der Waals surface area contributed by atoms with Gasteiger partial charge in [0.05, 0.1) is 4.90 Å². The number of hydrogen-bond acceptors (Lipinski definition) is 5. The molecule has 7 heteroatoms. The lowest BCUT2D eigenvalue weighted by Crippen LogP contribution is -2.30. The lowest BCUT2D eigenvalue weighted by atomic mass is 10.1. The molecule has 1 N–H and O–H groups in total. The molecule has 1 atom stereocenters. The van der Waals surface area contributed by atoms with Crippen LogP contribution in [0.5, 0.6) is 0 Å². The van der Waals surface area contributed by atoms with Crippen molar-refractivity contribution < 1.29 is 8.42 Å². The highest BCUT2D eigenvalue weighted by Crippen LogP contribution is 2.29. The van der Waals surface area contributed by atoms with Crippen molar-refractivity contribution in [3.63, 3.8) is 0 Å². The Bertz CT molecular complexity index is 786. The zero-order valence-corrected chi connectivity index (χ0v) is 15.0. The molecule has 2 aromatic rings. The van der Waals surface area contributed by atoms with Crippen molar-refractivity contribution in [3.05, 3.63) is 35.3 Å². The summed E-state index contributed by atoms with van der Waals surface area (Å²) in [6.45, 7) is 3.97. The maximum atomic E-state index is 12.9. The first-order valence-corrected chi connectivity index (χ1v) is 10.00. The number of benzene rings is 1. The van der Waals surface area contributed by atoms with Crippen molar-refractivity contribution in [2.45, 2.75) is 18.2 Å². The number of aryl methyl sites for hydroxylation is 1. The number of thiazole rings is 1. The number of sulfonamides is 1. The fraction of sp³-hybridized carbons (Fsp3) is 0.438. The molecule has 1 unspecified atom stereocenters. The summed E-state index contributed by atoms with van der Waals surface area (Å²) >= 11 is 1.53. The third kappa shape index (κ3) is 3.47. The number of aromatic nitrogens is 1. The molecule has 3 rings (SSSR count). The van der Waals surface area contributed by atoms with Crippen LogP contribution in [-0.4, -0.2) is 44.4 Å². The van der Waals surface area contributed by atoms with Gasteiger partial charge in [-0.3, -0.25) is 0 Å². The van der Waals surface area contributed by atoms with Gasteiger partial charge in [-0.25, -0.2) is 13.4 Å². The van der Waals surface area contributed by atoms with Gasteiger partial charge in [-0.05, 0) is 45.0 Å². The first-order chi connectivity index (χ1) is 11.0. The summed E-state index contributed by atoms with van der Waals surface area (Å²) in [5, 5.41) is 5.95. The topological polar surface area (TPSA) is 62.3 Å².